The molecule has 21 heavy (non-hydrogen) atoms. The third kappa shape index (κ3) is 2.77. The first-order valence-electron chi connectivity index (χ1n) is 6.30. The van der Waals surface area contributed by atoms with Gasteiger partial charge in [-0.05, 0) is 43.5 Å². The van der Waals surface area contributed by atoms with Gasteiger partial charge in [-0.25, -0.2) is 18.2 Å². The Morgan fingerprint density at radius 3 is 2.57 bits per heavy atom. The highest BCUT2D eigenvalue weighted by Crippen LogP contribution is 2.31. The number of hydrogen-bond acceptors (Lipinski definition) is 5. The number of thiazole rings is 1. The van der Waals surface area contributed by atoms with Crippen LogP contribution in [0.3, 0.4) is 0 Å². The molecule has 1 aromatic heterocycles. The van der Waals surface area contributed by atoms with E-state index in [1.165, 1.54) is 35.6 Å². The number of aromatic nitrogens is 1. The maximum Gasteiger partial charge on any atom is 0.335 e. The molecule has 8 heteroatoms. The predicted octanol–water partition coefficient (Wildman–Crippen LogP) is 2.13. The highest BCUT2D eigenvalue weighted by Gasteiger charge is 2.21. The lowest BCUT2D eigenvalue weighted by atomic mass is 10.2. The van der Waals surface area contributed by atoms with Crippen LogP contribution in [0.15, 0.2) is 29.2 Å². The fourth-order valence-corrected chi connectivity index (χ4v) is 4.47. The van der Waals surface area contributed by atoms with Gasteiger partial charge in [-0.15, -0.1) is 11.3 Å². The van der Waals surface area contributed by atoms with Crippen molar-refractivity contribution in [2.45, 2.75) is 24.2 Å². The largest absolute Gasteiger partial charge is 0.478 e. The summed E-state index contributed by atoms with van der Waals surface area (Å²) in [6.45, 7) is 0. The normalized spacial score (nSPS) is 13.9. The fourth-order valence-electron chi connectivity index (χ4n) is 2.18. The van der Waals surface area contributed by atoms with Crippen LogP contribution in [0.2, 0.25) is 0 Å². The number of carbonyl (C=O) groups is 1. The lowest BCUT2D eigenvalue weighted by Gasteiger charge is -2.05. The average Bonchev–Trinajstić information content (AvgIpc) is 2.99. The van der Waals surface area contributed by atoms with Gasteiger partial charge in [0.2, 0.25) is 0 Å². The predicted molar refractivity (Wildman–Crippen MR) is 78.3 cm³/mol. The first-order chi connectivity index (χ1) is 9.95. The van der Waals surface area contributed by atoms with Crippen molar-refractivity contribution in [1.82, 2.24) is 4.98 Å². The quantitative estimate of drug-likeness (QED) is 0.898. The molecule has 0 spiro atoms. The molecule has 0 saturated heterocycles. The molecule has 0 amide bonds. The van der Waals surface area contributed by atoms with Gasteiger partial charge in [0.25, 0.3) is 10.0 Å². The van der Waals surface area contributed by atoms with Crippen LogP contribution < -0.4 is 4.72 Å². The Hall–Kier alpha value is -1.93. The van der Waals surface area contributed by atoms with Crippen molar-refractivity contribution in [2.24, 2.45) is 0 Å². The lowest BCUT2D eigenvalue weighted by Crippen LogP contribution is -2.13. The molecule has 0 atom stereocenters. The van der Waals surface area contributed by atoms with Gasteiger partial charge >= 0.3 is 5.97 Å². The monoisotopic (exact) mass is 324 g/mol. The van der Waals surface area contributed by atoms with Crippen LogP contribution in [0.4, 0.5) is 5.13 Å². The molecule has 110 valence electrons. The topological polar surface area (TPSA) is 96.4 Å². The van der Waals surface area contributed by atoms with Crippen molar-refractivity contribution < 1.29 is 18.3 Å². The van der Waals surface area contributed by atoms with E-state index >= 15 is 0 Å². The number of fused-ring (bicyclic) bond motifs is 1. The smallest absolute Gasteiger partial charge is 0.335 e. The van der Waals surface area contributed by atoms with E-state index in [0.29, 0.717) is 5.13 Å². The number of anilines is 1. The van der Waals surface area contributed by atoms with E-state index in [-0.39, 0.29) is 10.5 Å². The minimum Gasteiger partial charge on any atom is -0.478 e. The molecule has 0 unspecified atom stereocenters. The lowest BCUT2D eigenvalue weighted by molar-refractivity contribution is 0.0696. The Morgan fingerprint density at radius 2 is 1.95 bits per heavy atom. The molecule has 1 aliphatic carbocycles. The molecule has 0 fully saturated rings. The molecule has 6 nitrogen and oxygen atoms in total. The number of carboxylic acid groups (broad SMARTS) is 1. The number of benzene rings is 1. The Balaban J connectivity index is 1.84. The minimum absolute atomic E-state index is 0.0165. The molecule has 1 aliphatic rings. The second-order valence-corrected chi connectivity index (χ2v) is 7.44. The third-order valence-electron chi connectivity index (χ3n) is 3.23. The van der Waals surface area contributed by atoms with Crippen molar-refractivity contribution in [3.8, 4) is 0 Å². The van der Waals surface area contributed by atoms with E-state index in [1.807, 2.05) is 0 Å². The molecular weight excluding hydrogens is 312 g/mol. The highest BCUT2D eigenvalue weighted by atomic mass is 32.2. The number of nitrogens with one attached hydrogen (secondary N) is 1. The molecule has 1 aromatic carbocycles. The Bertz CT molecular complexity index is 773. The van der Waals surface area contributed by atoms with Crippen LogP contribution in [0.1, 0.15) is 27.3 Å². The summed E-state index contributed by atoms with van der Waals surface area (Å²) in [5, 5.41) is 9.17. The third-order valence-corrected chi connectivity index (χ3v) is 5.79. The van der Waals surface area contributed by atoms with E-state index in [0.717, 1.165) is 29.8 Å². The van der Waals surface area contributed by atoms with Crippen LogP contribution in [0, 0.1) is 0 Å². The Kier molecular flexibility index (Phi) is 3.42. The molecule has 0 aliphatic heterocycles. The van der Waals surface area contributed by atoms with E-state index in [9.17, 15) is 13.2 Å². The maximum absolute atomic E-state index is 12.2. The van der Waals surface area contributed by atoms with Gasteiger partial charge in [0.1, 0.15) is 0 Å². The van der Waals surface area contributed by atoms with Crippen molar-refractivity contribution in [2.75, 3.05) is 4.72 Å². The Morgan fingerprint density at radius 1 is 1.24 bits per heavy atom. The number of aromatic carboxylic acids is 1. The van der Waals surface area contributed by atoms with Gasteiger partial charge < -0.3 is 5.11 Å². The second-order valence-electron chi connectivity index (χ2n) is 4.68. The molecule has 3 rings (SSSR count). The summed E-state index contributed by atoms with van der Waals surface area (Å²) < 4.78 is 26.9. The SMILES string of the molecule is O=C(O)c1ccc(S(=O)(=O)Nc2nc3c(s2)CCC3)cc1. The van der Waals surface area contributed by atoms with Gasteiger partial charge in [-0.2, -0.15) is 0 Å². The van der Waals surface area contributed by atoms with Crippen molar-refractivity contribution in [3.63, 3.8) is 0 Å². The summed E-state index contributed by atoms with van der Waals surface area (Å²) in [5.41, 5.74) is 1.01. The van der Waals surface area contributed by atoms with Gasteiger partial charge in [-0.1, -0.05) is 0 Å². The van der Waals surface area contributed by atoms with Gasteiger partial charge in [-0.3, -0.25) is 4.72 Å². The first kappa shape index (κ1) is 14.0. The molecule has 0 saturated carbocycles. The molecule has 1 heterocycles. The van der Waals surface area contributed by atoms with E-state index in [4.69, 9.17) is 5.11 Å². The summed E-state index contributed by atoms with van der Waals surface area (Å²) in [7, 11) is -3.74. The van der Waals surface area contributed by atoms with Crippen LogP contribution in [-0.2, 0) is 22.9 Å². The molecular formula is C13H12N2O4S2. The summed E-state index contributed by atoms with van der Waals surface area (Å²) in [6.07, 6.45) is 2.90. The van der Waals surface area contributed by atoms with Crippen LogP contribution in [-0.4, -0.2) is 24.5 Å². The number of rotatable bonds is 4. The van der Waals surface area contributed by atoms with Crippen molar-refractivity contribution >= 4 is 32.5 Å². The number of aryl methyl sites for hydroxylation is 2. The number of hydrogen-bond donors (Lipinski definition) is 2. The van der Waals surface area contributed by atoms with Gasteiger partial charge in [0.05, 0.1) is 16.2 Å². The van der Waals surface area contributed by atoms with Gasteiger partial charge in [0, 0.05) is 4.88 Å². The van der Waals surface area contributed by atoms with E-state index in [1.54, 1.807) is 0 Å². The maximum atomic E-state index is 12.2. The van der Waals surface area contributed by atoms with Crippen LogP contribution in [0.25, 0.3) is 0 Å². The highest BCUT2D eigenvalue weighted by molar-refractivity contribution is 7.93. The Labute approximate surface area is 125 Å². The van der Waals surface area contributed by atoms with E-state index < -0.39 is 16.0 Å². The zero-order chi connectivity index (χ0) is 15.0. The number of carboxylic acids is 1. The zero-order valence-electron chi connectivity index (χ0n) is 10.9. The summed E-state index contributed by atoms with van der Waals surface area (Å²) >= 11 is 1.36. The van der Waals surface area contributed by atoms with Crippen molar-refractivity contribution in [1.29, 1.82) is 0 Å². The average molecular weight is 324 g/mol. The summed E-state index contributed by atoms with van der Waals surface area (Å²) in [6, 6.07) is 5.07. The standard InChI is InChI=1S/C13H12N2O4S2/c16-12(17)8-4-6-9(7-5-8)21(18,19)15-13-14-10-2-1-3-11(10)20-13/h4-7H,1-3H2,(H,14,15)(H,16,17). The first-order valence-corrected chi connectivity index (χ1v) is 8.60. The number of sulfonamides is 1. The molecule has 2 aromatic rings. The number of nitrogens with zero attached hydrogens (tertiary/aromatic N) is 1. The summed E-state index contributed by atoms with van der Waals surface area (Å²) in [4.78, 5) is 16.2. The molecule has 0 radical (unpaired) electrons. The van der Waals surface area contributed by atoms with Crippen molar-refractivity contribution in [3.05, 3.63) is 40.4 Å². The second kappa shape index (κ2) is 5.12. The molecule has 0 bridgehead atoms. The van der Waals surface area contributed by atoms with E-state index in [2.05, 4.69) is 9.71 Å². The fraction of sp³-hybridized carbons (Fsp3) is 0.231. The summed E-state index contributed by atoms with van der Waals surface area (Å²) in [5.74, 6) is -1.09. The van der Waals surface area contributed by atoms with Gasteiger partial charge in [0.15, 0.2) is 5.13 Å². The van der Waals surface area contributed by atoms with Crippen LogP contribution >= 0.6 is 11.3 Å². The minimum atomic E-state index is -3.74. The van der Waals surface area contributed by atoms with Crippen LogP contribution in [0.5, 0.6) is 0 Å². The molecule has 2 N–H and O–H groups in total. The zero-order valence-corrected chi connectivity index (χ0v) is 12.5.